The van der Waals surface area contributed by atoms with Crippen molar-refractivity contribution in [1.82, 2.24) is 4.90 Å². The predicted molar refractivity (Wildman–Crippen MR) is 116 cm³/mol. The SMILES string of the molecule is Cc1ccc2oc(C(=O)N3CCC(C(=O)Nc4ccc(S(N)(=O)=O)cc4)CC3)cc2c1. The Bertz CT molecular complexity index is 1240. The fourth-order valence-electron chi connectivity index (χ4n) is 3.74. The number of primary sulfonamides is 1. The Morgan fingerprint density at radius 1 is 1.06 bits per heavy atom. The van der Waals surface area contributed by atoms with Crippen LogP contribution in [-0.4, -0.2) is 38.2 Å². The largest absolute Gasteiger partial charge is 0.451 e. The van der Waals surface area contributed by atoms with Gasteiger partial charge in [0.15, 0.2) is 5.76 Å². The smallest absolute Gasteiger partial charge is 0.289 e. The molecule has 9 heteroatoms. The van der Waals surface area contributed by atoms with E-state index in [2.05, 4.69) is 5.32 Å². The van der Waals surface area contributed by atoms with Crippen molar-refractivity contribution in [3.63, 3.8) is 0 Å². The van der Waals surface area contributed by atoms with Crippen LogP contribution in [0.15, 0.2) is 57.8 Å². The Kier molecular flexibility index (Phi) is 5.55. The third-order valence-corrected chi connectivity index (χ3v) is 6.42. The number of nitrogens with two attached hydrogens (primary N) is 1. The Hall–Kier alpha value is -3.17. The van der Waals surface area contributed by atoms with Gasteiger partial charge in [-0.1, -0.05) is 11.6 Å². The van der Waals surface area contributed by atoms with E-state index in [4.69, 9.17) is 9.56 Å². The molecule has 1 aromatic heterocycles. The molecule has 1 fully saturated rings. The number of rotatable bonds is 4. The number of anilines is 1. The van der Waals surface area contributed by atoms with Crippen LogP contribution < -0.4 is 10.5 Å². The summed E-state index contributed by atoms with van der Waals surface area (Å²) in [4.78, 5) is 27.1. The Balaban J connectivity index is 1.35. The molecule has 0 spiro atoms. The second-order valence-corrected chi connectivity index (χ2v) is 9.34. The van der Waals surface area contributed by atoms with Crippen molar-refractivity contribution >= 4 is 38.5 Å². The minimum atomic E-state index is -3.77. The van der Waals surface area contributed by atoms with Gasteiger partial charge in [-0.2, -0.15) is 0 Å². The van der Waals surface area contributed by atoms with Crippen LogP contribution in [0.25, 0.3) is 11.0 Å². The highest BCUT2D eigenvalue weighted by Crippen LogP contribution is 2.25. The topological polar surface area (TPSA) is 123 Å². The Labute approximate surface area is 180 Å². The molecule has 0 bridgehead atoms. The fraction of sp³-hybridized carbons (Fsp3) is 0.273. The van der Waals surface area contributed by atoms with Crippen molar-refractivity contribution in [2.24, 2.45) is 11.1 Å². The van der Waals surface area contributed by atoms with Crippen molar-refractivity contribution in [3.05, 3.63) is 59.9 Å². The number of hydrogen-bond donors (Lipinski definition) is 2. The summed E-state index contributed by atoms with van der Waals surface area (Å²) in [5.74, 6) is -0.264. The second kappa shape index (κ2) is 8.16. The van der Waals surface area contributed by atoms with E-state index in [1.165, 1.54) is 24.3 Å². The van der Waals surface area contributed by atoms with Gasteiger partial charge in [-0.3, -0.25) is 9.59 Å². The third kappa shape index (κ3) is 4.62. The maximum Gasteiger partial charge on any atom is 0.289 e. The van der Waals surface area contributed by atoms with Crippen LogP contribution in [0.4, 0.5) is 5.69 Å². The van der Waals surface area contributed by atoms with E-state index >= 15 is 0 Å². The number of nitrogens with one attached hydrogen (secondary N) is 1. The minimum absolute atomic E-state index is 0.0157. The number of benzene rings is 2. The van der Waals surface area contributed by atoms with E-state index in [0.29, 0.717) is 43.0 Å². The summed E-state index contributed by atoms with van der Waals surface area (Å²) in [6.45, 7) is 2.90. The molecule has 162 valence electrons. The molecule has 0 radical (unpaired) electrons. The lowest BCUT2D eigenvalue weighted by Gasteiger charge is -2.30. The van der Waals surface area contributed by atoms with Crippen LogP contribution in [-0.2, 0) is 14.8 Å². The van der Waals surface area contributed by atoms with E-state index < -0.39 is 10.0 Å². The lowest BCUT2D eigenvalue weighted by Crippen LogP contribution is -2.41. The van der Waals surface area contributed by atoms with Gasteiger partial charge in [-0.25, -0.2) is 13.6 Å². The van der Waals surface area contributed by atoms with Gasteiger partial charge in [0.2, 0.25) is 15.9 Å². The molecule has 3 aromatic rings. The van der Waals surface area contributed by atoms with Crippen LogP contribution in [0, 0.1) is 12.8 Å². The molecule has 8 nitrogen and oxygen atoms in total. The number of furan rings is 1. The summed E-state index contributed by atoms with van der Waals surface area (Å²) < 4.78 is 28.3. The normalized spacial score (nSPS) is 15.2. The van der Waals surface area contributed by atoms with E-state index in [9.17, 15) is 18.0 Å². The number of likely N-dealkylation sites (tertiary alicyclic amines) is 1. The first kappa shape index (κ1) is 21.1. The number of aryl methyl sites for hydroxylation is 1. The van der Waals surface area contributed by atoms with Crippen LogP contribution in [0.3, 0.4) is 0 Å². The molecule has 1 aliphatic heterocycles. The number of hydrogen-bond acceptors (Lipinski definition) is 5. The fourth-order valence-corrected chi connectivity index (χ4v) is 4.26. The zero-order valence-electron chi connectivity index (χ0n) is 17.0. The van der Waals surface area contributed by atoms with Gasteiger partial charge in [0.1, 0.15) is 5.58 Å². The highest BCUT2D eigenvalue weighted by atomic mass is 32.2. The first-order chi connectivity index (χ1) is 14.7. The molecule has 31 heavy (non-hydrogen) atoms. The average molecular weight is 442 g/mol. The summed E-state index contributed by atoms with van der Waals surface area (Å²) in [6.07, 6.45) is 1.07. The third-order valence-electron chi connectivity index (χ3n) is 5.49. The van der Waals surface area contributed by atoms with Gasteiger partial charge in [0, 0.05) is 30.1 Å². The predicted octanol–water partition coefficient (Wildman–Crippen LogP) is 2.88. The zero-order valence-corrected chi connectivity index (χ0v) is 17.8. The van der Waals surface area contributed by atoms with Crippen molar-refractivity contribution in [1.29, 1.82) is 0 Å². The maximum atomic E-state index is 12.8. The first-order valence-corrected chi connectivity index (χ1v) is 11.5. The van der Waals surface area contributed by atoms with Crippen LogP contribution >= 0.6 is 0 Å². The maximum absolute atomic E-state index is 12.8. The monoisotopic (exact) mass is 441 g/mol. The number of sulfonamides is 1. The van der Waals surface area contributed by atoms with E-state index in [-0.39, 0.29) is 22.6 Å². The molecule has 1 saturated heterocycles. The lowest BCUT2D eigenvalue weighted by atomic mass is 9.95. The van der Waals surface area contributed by atoms with Crippen LogP contribution in [0.2, 0.25) is 0 Å². The average Bonchev–Trinajstić information content (AvgIpc) is 3.16. The zero-order chi connectivity index (χ0) is 22.2. The van der Waals surface area contributed by atoms with Crippen LogP contribution in [0.5, 0.6) is 0 Å². The molecule has 2 aromatic carbocycles. The molecule has 0 aliphatic carbocycles. The van der Waals surface area contributed by atoms with Gasteiger partial charge in [-0.15, -0.1) is 0 Å². The van der Waals surface area contributed by atoms with Gasteiger partial charge in [0.05, 0.1) is 4.90 Å². The van der Waals surface area contributed by atoms with Crippen molar-refractivity contribution in [3.8, 4) is 0 Å². The summed E-state index contributed by atoms with van der Waals surface area (Å²) in [5, 5.41) is 8.77. The standard InChI is InChI=1S/C22H23N3O5S/c1-14-2-7-19-16(12-14)13-20(30-19)22(27)25-10-8-15(9-11-25)21(26)24-17-3-5-18(6-4-17)31(23,28)29/h2-7,12-13,15H,8-11H2,1H3,(H,24,26)(H2,23,28,29). The number of piperidine rings is 1. The number of amides is 2. The molecule has 0 atom stereocenters. The highest BCUT2D eigenvalue weighted by Gasteiger charge is 2.29. The van der Waals surface area contributed by atoms with E-state index in [1.807, 2.05) is 25.1 Å². The first-order valence-electron chi connectivity index (χ1n) is 9.94. The number of fused-ring (bicyclic) bond motifs is 1. The number of carbonyl (C=O) groups is 2. The Morgan fingerprint density at radius 3 is 2.39 bits per heavy atom. The van der Waals surface area contributed by atoms with Crippen molar-refractivity contribution in [2.75, 3.05) is 18.4 Å². The van der Waals surface area contributed by atoms with E-state index in [1.54, 1.807) is 11.0 Å². The van der Waals surface area contributed by atoms with Gasteiger partial charge in [-0.05, 0) is 62.2 Å². The van der Waals surface area contributed by atoms with Gasteiger partial charge >= 0.3 is 0 Å². The van der Waals surface area contributed by atoms with Crippen molar-refractivity contribution in [2.45, 2.75) is 24.7 Å². The van der Waals surface area contributed by atoms with Gasteiger partial charge < -0.3 is 14.6 Å². The van der Waals surface area contributed by atoms with Crippen molar-refractivity contribution < 1.29 is 22.4 Å². The molecule has 0 saturated carbocycles. The molecular weight excluding hydrogens is 418 g/mol. The molecule has 1 aliphatic rings. The molecule has 2 amide bonds. The molecule has 2 heterocycles. The molecule has 4 rings (SSSR count). The van der Waals surface area contributed by atoms with E-state index in [0.717, 1.165) is 10.9 Å². The summed E-state index contributed by atoms with van der Waals surface area (Å²) >= 11 is 0. The molecule has 0 unspecified atom stereocenters. The quantitative estimate of drug-likeness (QED) is 0.644. The summed E-state index contributed by atoms with van der Waals surface area (Å²) in [7, 11) is -3.77. The highest BCUT2D eigenvalue weighted by molar-refractivity contribution is 7.89. The second-order valence-electron chi connectivity index (χ2n) is 7.78. The molecule has 3 N–H and O–H groups in total. The summed E-state index contributed by atoms with van der Waals surface area (Å²) in [5.41, 5.74) is 2.27. The minimum Gasteiger partial charge on any atom is -0.451 e. The lowest BCUT2D eigenvalue weighted by molar-refractivity contribution is -0.121. The van der Waals surface area contributed by atoms with Crippen LogP contribution in [0.1, 0.15) is 29.0 Å². The Morgan fingerprint density at radius 2 is 1.74 bits per heavy atom. The van der Waals surface area contributed by atoms with Gasteiger partial charge in [0.25, 0.3) is 5.91 Å². The number of carbonyl (C=O) groups excluding carboxylic acids is 2. The summed E-state index contributed by atoms with van der Waals surface area (Å²) in [6, 6.07) is 13.2. The number of nitrogens with zero attached hydrogens (tertiary/aromatic N) is 1. The molecular formula is C22H23N3O5S.